The number of esters is 1. The van der Waals surface area contributed by atoms with Gasteiger partial charge < -0.3 is 19.7 Å². The lowest BCUT2D eigenvalue weighted by Crippen LogP contribution is -2.39. The Labute approximate surface area is 193 Å². The number of nitrogens with zero attached hydrogens (tertiary/aromatic N) is 2. The molecule has 0 bridgehead atoms. The van der Waals surface area contributed by atoms with Crippen LogP contribution in [0.15, 0.2) is 51.6 Å². The summed E-state index contributed by atoms with van der Waals surface area (Å²) in [5, 5.41) is 5.54. The van der Waals surface area contributed by atoms with Gasteiger partial charge in [-0.25, -0.2) is 9.79 Å². The number of carbonyl (C=O) groups is 2. The number of carbonyl (C=O) groups excluding carboxylic acids is 2. The molecule has 0 aromatic heterocycles. The number of methoxy groups -OCH3 is 1. The summed E-state index contributed by atoms with van der Waals surface area (Å²) in [6.07, 6.45) is 0.179. The Morgan fingerprint density at radius 1 is 1.19 bits per heavy atom. The Kier molecular flexibility index (Phi) is 7.46. The highest BCUT2D eigenvalue weighted by atomic mass is 32.2. The molecule has 3 rings (SSSR count). The van der Waals surface area contributed by atoms with Gasteiger partial charge in [-0.3, -0.25) is 4.79 Å². The number of aryl methyl sites for hydroxylation is 1. The number of amides is 1. The van der Waals surface area contributed by atoms with Crippen LogP contribution in [0, 0.1) is 6.92 Å². The molecule has 8 heteroatoms. The second-order valence-electron chi connectivity index (χ2n) is 8.83. The molecule has 0 saturated carbocycles. The molecule has 1 amide bonds. The van der Waals surface area contributed by atoms with Crippen molar-refractivity contribution in [3.8, 4) is 0 Å². The minimum Gasteiger partial charge on any atom is -0.456 e. The quantitative estimate of drug-likeness (QED) is 0.491. The summed E-state index contributed by atoms with van der Waals surface area (Å²) in [5.41, 5.74) is 3.34. The van der Waals surface area contributed by atoms with Crippen LogP contribution < -0.4 is 5.32 Å². The molecular weight excluding hydrogens is 426 g/mol. The highest BCUT2D eigenvalue weighted by molar-refractivity contribution is 8.16. The van der Waals surface area contributed by atoms with Gasteiger partial charge in [-0.05, 0) is 45.6 Å². The van der Waals surface area contributed by atoms with Crippen molar-refractivity contribution in [1.29, 1.82) is 0 Å². The third-order valence-corrected chi connectivity index (χ3v) is 5.87. The van der Waals surface area contributed by atoms with Crippen LogP contribution in [0.3, 0.4) is 0 Å². The molecule has 32 heavy (non-hydrogen) atoms. The van der Waals surface area contributed by atoms with Crippen molar-refractivity contribution in [2.24, 2.45) is 4.99 Å². The van der Waals surface area contributed by atoms with E-state index in [1.54, 1.807) is 7.11 Å². The van der Waals surface area contributed by atoms with Gasteiger partial charge in [-0.15, -0.1) is 0 Å². The molecule has 0 saturated heterocycles. The van der Waals surface area contributed by atoms with Gasteiger partial charge in [0.15, 0.2) is 5.17 Å². The number of nitrogens with one attached hydrogen (secondary N) is 1. The SMILES string of the molecule is COCCNC(=O)CC1=CSC2=NC(C)=C(C(=O)OC(C)(C)C)C(c3ccc(C)cc3)N12. The number of rotatable bonds is 7. The third kappa shape index (κ3) is 5.61. The largest absolute Gasteiger partial charge is 0.456 e. The van der Waals surface area contributed by atoms with Gasteiger partial charge >= 0.3 is 5.97 Å². The number of hydrogen-bond donors (Lipinski definition) is 1. The zero-order chi connectivity index (χ0) is 23.5. The minimum atomic E-state index is -0.633. The van der Waals surface area contributed by atoms with Crippen molar-refractivity contribution < 1.29 is 19.1 Å². The summed E-state index contributed by atoms with van der Waals surface area (Å²) in [6, 6.07) is 7.64. The number of thioether (sulfide) groups is 1. The first-order valence-electron chi connectivity index (χ1n) is 10.6. The van der Waals surface area contributed by atoms with Crippen LogP contribution in [-0.4, -0.2) is 47.8 Å². The maximum Gasteiger partial charge on any atom is 0.338 e. The molecule has 172 valence electrons. The van der Waals surface area contributed by atoms with Gasteiger partial charge in [-0.1, -0.05) is 41.6 Å². The van der Waals surface area contributed by atoms with Gasteiger partial charge in [0.05, 0.1) is 30.3 Å². The summed E-state index contributed by atoms with van der Waals surface area (Å²) in [4.78, 5) is 32.5. The molecule has 0 radical (unpaired) electrons. The van der Waals surface area contributed by atoms with Crippen molar-refractivity contribution in [1.82, 2.24) is 10.2 Å². The molecule has 1 N–H and O–H groups in total. The molecule has 1 aromatic carbocycles. The van der Waals surface area contributed by atoms with Crippen molar-refractivity contribution >= 4 is 28.8 Å². The first-order chi connectivity index (χ1) is 15.1. The fourth-order valence-corrected chi connectivity index (χ4v) is 4.51. The van der Waals surface area contributed by atoms with E-state index in [0.29, 0.717) is 24.4 Å². The summed E-state index contributed by atoms with van der Waals surface area (Å²) in [7, 11) is 1.60. The van der Waals surface area contributed by atoms with Gasteiger partial charge in [0.1, 0.15) is 5.60 Å². The molecule has 0 aliphatic carbocycles. The number of allylic oxidation sites excluding steroid dienone is 1. The van der Waals surface area contributed by atoms with Crippen LogP contribution >= 0.6 is 11.8 Å². The van der Waals surface area contributed by atoms with Gasteiger partial charge in [0, 0.05) is 19.4 Å². The number of aliphatic imine (C=N–C) groups is 1. The average molecular weight is 458 g/mol. The number of benzene rings is 1. The molecule has 0 fully saturated rings. The highest BCUT2D eigenvalue weighted by Gasteiger charge is 2.41. The van der Waals surface area contributed by atoms with E-state index >= 15 is 0 Å². The molecule has 1 aromatic rings. The number of fused-ring (bicyclic) bond motifs is 1. The Balaban J connectivity index is 1.97. The minimum absolute atomic E-state index is 0.108. The molecule has 1 unspecified atom stereocenters. The van der Waals surface area contributed by atoms with E-state index in [-0.39, 0.29) is 12.3 Å². The Hall–Kier alpha value is -2.58. The van der Waals surface area contributed by atoms with Crippen molar-refractivity contribution in [2.45, 2.75) is 52.7 Å². The van der Waals surface area contributed by atoms with E-state index in [1.165, 1.54) is 11.8 Å². The van der Waals surface area contributed by atoms with E-state index in [1.807, 2.05) is 69.2 Å². The van der Waals surface area contributed by atoms with Crippen LogP contribution in [0.25, 0.3) is 0 Å². The summed E-state index contributed by atoms with van der Waals surface area (Å²) in [5.74, 6) is -0.507. The molecule has 7 nitrogen and oxygen atoms in total. The van der Waals surface area contributed by atoms with E-state index in [4.69, 9.17) is 9.47 Å². The van der Waals surface area contributed by atoms with Gasteiger partial charge in [0.2, 0.25) is 5.91 Å². The summed E-state index contributed by atoms with van der Waals surface area (Å²) < 4.78 is 10.7. The van der Waals surface area contributed by atoms with E-state index in [0.717, 1.165) is 22.0 Å². The third-order valence-electron chi connectivity index (χ3n) is 4.98. The number of hydrogen-bond acceptors (Lipinski definition) is 7. The second kappa shape index (κ2) is 9.92. The van der Waals surface area contributed by atoms with Crippen LogP contribution in [0.5, 0.6) is 0 Å². The van der Waals surface area contributed by atoms with Crippen molar-refractivity contribution in [2.75, 3.05) is 20.3 Å². The lowest BCUT2D eigenvalue weighted by Gasteiger charge is -2.37. The normalized spacial score (nSPS) is 18.2. The lowest BCUT2D eigenvalue weighted by atomic mass is 9.93. The fourth-order valence-electron chi connectivity index (χ4n) is 3.55. The molecule has 2 aliphatic heterocycles. The van der Waals surface area contributed by atoms with E-state index in [2.05, 4.69) is 10.3 Å². The number of ether oxygens (including phenoxy) is 2. The second-order valence-corrected chi connectivity index (χ2v) is 9.66. The summed E-state index contributed by atoms with van der Waals surface area (Å²) in [6.45, 7) is 10.3. The lowest BCUT2D eigenvalue weighted by molar-refractivity contribution is -0.150. The maximum absolute atomic E-state index is 13.3. The predicted molar refractivity (Wildman–Crippen MR) is 127 cm³/mol. The van der Waals surface area contributed by atoms with Gasteiger partial charge in [-0.2, -0.15) is 0 Å². The monoisotopic (exact) mass is 457 g/mol. The van der Waals surface area contributed by atoms with Crippen LogP contribution in [0.4, 0.5) is 0 Å². The summed E-state index contributed by atoms with van der Waals surface area (Å²) >= 11 is 1.46. The van der Waals surface area contributed by atoms with Gasteiger partial charge in [0.25, 0.3) is 0 Å². The number of amidine groups is 1. The predicted octanol–water partition coefficient (Wildman–Crippen LogP) is 4.06. The smallest absolute Gasteiger partial charge is 0.338 e. The standard InChI is InChI=1S/C24H31N3O4S/c1-15-7-9-17(10-8-15)21-20(22(29)31-24(3,4)5)16(2)26-23-27(21)18(14-32-23)13-19(28)25-11-12-30-6/h7-10,14,21H,11-13H2,1-6H3,(H,25,28). The van der Waals surface area contributed by atoms with Crippen molar-refractivity contribution in [3.63, 3.8) is 0 Å². The Morgan fingerprint density at radius 2 is 1.88 bits per heavy atom. The molecular formula is C24H31N3O4S. The zero-order valence-corrected chi connectivity index (χ0v) is 20.3. The van der Waals surface area contributed by atoms with Crippen LogP contribution in [0.2, 0.25) is 0 Å². The topological polar surface area (TPSA) is 80.2 Å². The molecule has 1 atom stereocenters. The van der Waals surface area contributed by atoms with Crippen molar-refractivity contribution in [3.05, 3.63) is 57.8 Å². The fraction of sp³-hybridized carbons (Fsp3) is 0.458. The zero-order valence-electron chi connectivity index (χ0n) is 19.5. The van der Waals surface area contributed by atoms with Crippen LogP contribution in [0.1, 0.15) is 51.3 Å². The molecule has 0 spiro atoms. The average Bonchev–Trinajstić information content (AvgIpc) is 3.08. The maximum atomic E-state index is 13.3. The highest BCUT2D eigenvalue weighted by Crippen LogP contribution is 2.45. The molecule has 2 heterocycles. The Bertz CT molecular complexity index is 974. The molecule has 2 aliphatic rings. The first kappa shape index (κ1) is 24.1. The van der Waals surface area contributed by atoms with E-state index in [9.17, 15) is 9.59 Å². The van der Waals surface area contributed by atoms with E-state index < -0.39 is 17.6 Å². The first-order valence-corrected chi connectivity index (χ1v) is 11.5. The Morgan fingerprint density at radius 3 is 2.50 bits per heavy atom. The van der Waals surface area contributed by atoms with Crippen LogP contribution in [-0.2, 0) is 19.1 Å².